The van der Waals surface area contributed by atoms with Crippen LogP contribution in [0.15, 0.2) is 71.8 Å². The predicted molar refractivity (Wildman–Crippen MR) is 125 cm³/mol. The van der Waals surface area contributed by atoms with Gasteiger partial charge in [-0.15, -0.1) is 0 Å². The summed E-state index contributed by atoms with van der Waals surface area (Å²) in [6, 6.07) is 17.0. The summed E-state index contributed by atoms with van der Waals surface area (Å²) in [6.45, 7) is 3.72. The molecule has 0 aromatic heterocycles. The van der Waals surface area contributed by atoms with E-state index in [-0.39, 0.29) is 17.0 Å². The van der Waals surface area contributed by atoms with Crippen molar-refractivity contribution in [2.24, 2.45) is 5.10 Å². The largest absolute Gasteiger partial charge is 0.422 e. The maximum Gasteiger partial charge on any atom is 0.350 e. The van der Waals surface area contributed by atoms with E-state index in [1.165, 1.54) is 36.5 Å². The van der Waals surface area contributed by atoms with Gasteiger partial charge in [-0.25, -0.2) is 10.2 Å². The number of anilines is 1. The Hall–Kier alpha value is -4.86. The highest BCUT2D eigenvalue weighted by molar-refractivity contribution is 6.39. The first kappa shape index (κ1) is 23.8. The van der Waals surface area contributed by atoms with E-state index in [0.29, 0.717) is 11.3 Å². The number of nitrogens with zero attached hydrogens (tertiary/aromatic N) is 2. The van der Waals surface area contributed by atoms with Crippen LogP contribution in [0, 0.1) is 24.0 Å². The first-order valence-electron chi connectivity index (χ1n) is 10.0. The Balaban J connectivity index is 1.67. The van der Waals surface area contributed by atoms with Gasteiger partial charge < -0.3 is 10.1 Å². The van der Waals surface area contributed by atoms with Crippen molar-refractivity contribution < 1.29 is 24.0 Å². The van der Waals surface area contributed by atoms with Crippen LogP contribution in [-0.4, -0.2) is 28.9 Å². The van der Waals surface area contributed by atoms with Crippen LogP contribution in [-0.2, 0) is 9.59 Å². The van der Waals surface area contributed by atoms with Gasteiger partial charge in [-0.3, -0.25) is 19.7 Å². The number of esters is 1. The average Bonchev–Trinajstić information content (AvgIpc) is 2.81. The zero-order chi connectivity index (χ0) is 24.7. The number of hydrogen-bond acceptors (Lipinski definition) is 7. The lowest BCUT2D eigenvalue weighted by Crippen LogP contribution is -2.32. The smallest absolute Gasteiger partial charge is 0.350 e. The molecule has 0 fully saturated rings. The Morgan fingerprint density at radius 2 is 1.68 bits per heavy atom. The second-order valence-corrected chi connectivity index (χ2v) is 7.17. The summed E-state index contributed by atoms with van der Waals surface area (Å²) < 4.78 is 5.30. The molecule has 3 aromatic carbocycles. The zero-order valence-corrected chi connectivity index (χ0v) is 18.3. The summed E-state index contributed by atoms with van der Waals surface area (Å²) in [5.41, 5.74) is 4.13. The van der Waals surface area contributed by atoms with Crippen molar-refractivity contribution in [3.05, 3.63) is 99.1 Å². The maximum atomic E-state index is 12.5. The molecular weight excluding hydrogens is 440 g/mol. The molecule has 2 amide bonds. The van der Waals surface area contributed by atoms with E-state index in [1.807, 2.05) is 13.0 Å². The molecule has 0 radical (unpaired) electrons. The number of rotatable bonds is 6. The van der Waals surface area contributed by atoms with E-state index < -0.39 is 22.7 Å². The van der Waals surface area contributed by atoms with Crippen molar-refractivity contribution in [1.82, 2.24) is 5.43 Å². The number of nitro groups is 1. The third kappa shape index (κ3) is 5.88. The molecule has 0 saturated heterocycles. The van der Waals surface area contributed by atoms with Crippen LogP contribution < -0.4 is 15.5 Å². The molecule has 2 N–H and O–H groups in total. The monoisotopic (exact) mass is 460 g/mol. The molecule has 0 heterocycles. The topological polar surface area (TPSA) is 140 Å². The van der Waals surface area contributed by atoms with Gasteiger partial charge in [0.05, 0.1) is 11.1 Å². The molecule has 34 heavy (non-hydrogen) atoms. The molecule has 0 aliphatic rings. The van der Waals surface area contributed by atoms with Gasteiger partial charge in [0, 0.05) is 17.3 Å². The summed E-state index contributed by atoms with van der Waals surface area (Å²) >= 11 is 0. The van der Waals surface area contributed by atoms with Gasteiger partial charge in [-0.05, 0) is 43.7 Å². The molecule has 0 unspecified atom stereocenters. The summed E-state index contributed by atoms with van der Waals surface area (Å²) in [7, 11) is 0. The van der Waals surface area contributed by atoms with Crippen LogP contribution in [0.25, 0.3) is 0 Å². The Morgan fingerprint density at radius 3 is 2.41 bits per heavy atom. The molecule has 172 valence electrons. The van der Waals surface area contributed by atoms with Gasteiger partial charge in [0.15, 0.2) is 0 Å². The van der Waals surface area contributed by atoms with E-state index in [0.717, 1.165) is 11.1 Å². The Morgan fingerprint density at radius 1 is 0.971 bits per heavy atom. The Kier molecular flexibility index (Phi) is 7.45. The molecule has 10 heteroatoms. The van der Waals surface area contributed by atoms with E-state index in [9.17, 15) is 24.5 Å². The average molecular weight is 460 g/mol. The highest BCUT2D eigenvalue weighted by Gasteiger charge is 2.21. The summed E-state index contributed by atoms with van der Waals surface area (Å²) in [5, 5.41) is 17.4. The number of hydrogen-bond donors (Lipinski definition) is 2. The minimum absolute atomic E-state index is 0.0587. The van der Waals surface area contributed by atoms with Crippen molar-refractivity contribution in [3.63, 3.8) is 0 Å². The highest BCUT2D eigenvalue weighted by Crippen LogP contribution is 2.22. The second kappa shape index (κ2) is 10.6. The van der Waals surface area contributed by atoms with Crippen LogP contribution in [0.3, 0.4) is 0 Å². The number of hydrazone groups is 1. The molecule has 0 bridgehead atoms. The number of benzene rings is 3. The number of ether oxygens (including phenoxy) is 1. The van der Waals surface area contributed by atoms with Gasteiger partial charge in [0.2, 0.25) is 0 Å². The number of aryl methyl sites for hydroxylation is 2. The molecular formula is C24H20N4O6. The summed E-state index contributed by atoms with van der Waals surface area (Å²) in [4.78, 5) is 47.2. The molecule has 3 rings (SSSR count). The third-order valence-corrected chi connectivity index (χ3v) is 4.65. The lowest BCUT2D eigenvalue weighted by Gasteiger charge is -2.08. The summed E-state index contributed by atoms with van der Waals surface area (Å²) in [6.07, 6.45) is 1.18. The van der Waals surface area contributed by atoms with Crippen LogP contribution in [0.2, 0.25) is 0 Å². The fraction of sp³-hybridized carbons (Fsp3) is 0.0833. The van der Waals surface area contributed by atoms with E-state index in [4.69, 9.17) is 4.74 Å². The predicted octanol–water partition coefficient (Wildman–Crippen LogP) is 3.52. The summed E-state index contributed by atoms with van der Waals surface area (Å²) in [5.74, 6) is -2.76. The van der Waals surface area contributed by atoms with Crippen molar-refractivity contribution in [3.8, 4) is 5.75 Å². The lowest BCUT2D eigenvalue weighted by molar-refractivity contribution is -0.385. The van der Waals surface area contributed by atoms with Gasteiger partial charge in [-0.1, -0.05) is 42.0 Å². The fourth-order valence-corrected chi connectivity index (χ4v) is 2.98. The van der Waals surface area contributed by atoms with Gasteiger partial charge in [0.1, 0.15) is 11.3 Å². The number of carbonyl (C=O) groups excluding carboxylic acids is 3. The van der Waals surface area contributed by atoms with Gasteiger partial charge in [-0.2, -0.15) is 5.10 Å². The first-order chi connectivity index (χ1) is 16.3. The second-order valence-electron chi connectivity index (χ2n) is 7.17. The zero-order valence-electron chi connectivity index (χ0n) is 18.3. The number of para-hydroxylation sites is 2. The molecule has 0 spiro atoms. The molecule has 0 aliphatic carbocycles. The maximum absolute atomic E-state index is 12.5. The third-order valence-electron chi connectivity index (χ3n) is 4.65. The van der Waals surface area contributed by atoms with Crippen molar-refractivity contribution in [2.45, 2.75) is 13.8 Å². The number of amides is 2. The van der Waals surface area contributed by atoms with E-state index >= 15 is 0 Å². The van der Waals surface area contributed by atoms with Crippen LogP contribution in [0.4, 0.5) is 11.4 Å². The van der Waals surface area contributed by atoms with Gasteiger partial charge in [0.25, 0.3) is 5.69 Å². The SMILES string of the molecule is Cc1ccc(NC(=O)C(=O)N/N=C/c2ccccc2OC(=O)c2ccccc2[N+](=O)[O-])c(C)c1. The van der Waals surface area contributed by atoms with E-state index in [2.05, 4.69) is 15.8 Å². The van der Waals surface area contributed by atoms with Crippen molar-refractivity contribution >= 4 is 35.4 Å². The normalized spacial score (nSPS) is 10.5. The quantitative estimate of drug-likeness (QED) is 0.144. The molecule has 0 atom stereocenters. The minimum atomic E-state index is -0.995. The highest BCUT2D eigenvalue weighted by atomic mass is 16.6. The number of carbonyl (C=O) groups is 3. The van der Waals surface area contributed by atoms with Crippen LogP contribution >= 0.6 is 0 Å². The lowest BCUT2D eigenvalue weighted by atomic mass is 10.1. The molecule has 3 aromatic rings. The van der Waals surface area contributed by atoms with Crippen LogP contribution in [0.5, 0.6) is 5.75 Å². The minimum Gasteiger partial charge on any atom is -0.422 e. The van der Waals surface area contributed by atoms with Crippen molar-refractivity contribution in [1.29, 1.82) is 0 Å². The van der Waals surface area contributed by atoms with Gasteiger partial charge >= 0.3 is 17.8 Å². The molecule has 0 saturated carbocycles. The molecule has 10 nitrogen and oxygen atoms in total. The number of nitro benzene ring substituents is 1. The first-order valence-corrected chi connectivity index (χ1v) is 10.0. The number of nitrogens with one attached hydrogen (secondary N) is 2. The fourth-order valence-electron chi connectivity index (χ4n) is 2.98. The van der Waals surface area contributed by atoms with E-state index in [1.54, 1.807) is 37.3 Å². The molecule has 0 aliphatic heterocycles. The van der Waals surface area contributed by atoms with Crippen LogP contribution in [0.1, 0.15) is 27.0 Å². The Bertz CT molecular complexity index is 1300. The van der Waals surface area contributed by atoms with Crippen molar-refractivity contribution in [2.75, 3.05) is 5.32 Å². The standard InChI is InChI=1S/C24H20N4O6/c1-15-11-12-19(16(2)13-15)26-22(29)23(30)27-25-14-17-7-3-6-10-21(17)34-24(31)18-8-4-5-9-20(18)28(32)33/h3-14H,1-2H3,(H,26,29)(H,27,30)/b25-14+. The Labute approximate surface area is 194 Å².